The van der Waals surface area contributed by atoms with E-state index in [0.717, 1.165) is 6.07 Å². The van der Waals surface area contributed by atoms with E-state index in [-0.39, 0.29) is 18.1 Å². The van der Waals surface area contributed by atoms with E-state index in [9.17, 15) is 24.5 Å². The van der Waals surface area contributed by atoms with Gasteiger partial charge in [-0.25, -0.2) is 4.79 Å². The quantitative estimate of drug-likeness (QED) is 0.350. The summed E-state index contributed by atoms with van der Waals surface area (Å²) in [5, 5.41) is 19.6. The summed E-state index contributed by atoms with van der Waals surface area (Å²) in [6, 6.07) is 3.46. The van der Waals surface area contributed by atoms with E-state index >= 15 is 0 Å². The fraction of sp³-hybridized carbons (Fsp3) is 0.100. The summed E-state index contributed by atoms with van der Waals surface area (Å²) in [4.78, 5) is 41.9. The molecule has 0 aliphatic rings. The Morgan fingerprint density at radius 2 is 1.94 bits per heavy atom. The fourth-order valence-corrected chi connectivity index (χ4v) is 1.39. The standard InChI is InChI=1S/C10H7NO6/c12-4-6(5-13)7-2-1-3-8(10(14)15)9(7)11(16)17/h1-6H,(H,14,15). The molecule has 0 heterocycles. The number of aromatic carboxylic acids is 1. The first-order valence-electron chi connectivity index (χ1n) is 4.44. The van der Waals surface area contributed by atoms with Gasteiger partial charge in [0, 0.05) is 5.56 Å². The third-order valence-corrected chi connectivity index (χ3v) is 2.13. The minimum absolute atomic E-state index is 0.222. The van der Waals surface area contributed by atoms with Crippen LogP contribution < -0.4 is 0 Å². The van der Waals surface area contributed by atoms with Crippen LogP contribution in [0.3, 0.4) is 0 Å². The largest absolute Gasteiger partial charge is 0.477 e. The molecular weight excluding hydrogens is 230 g/mol. The van der Waals surface area contributed by atoms with Crippen molar-refractivity contribution in [1.82, 2.24) is 0 Å². The lowest BCUT2D eigenvalue weighted by atomic mass is 9.97. The number of carboxylic acid groups (broad SMARTS) is 1. The summed E-state index contributed by atoms with van der Waals surface area (Å²) >= 11 is 0. The number of nitro benzene ring substituents is 1. The zero-order chi connectivity index (χ0) is 13.0. The maximum atomic E-state index is 10.8. The topological polar surface area (TPSA) is 115 Å². The molecule has 0 atom stereocenters. The number of carboxylic acids is 1. The average Bonchev–Trinajstić information content (AvgIpc) is 2.30. The smallest absolute Gasteiger partial charge is 0.342 e. The minimum Gasteiger partial charge on any atom is -0.477 e. The van der Waals surface area contributed by atoms with E-state index in [1.54, 1.807) is 0 Å². The first kappa shape index (κ1) is 12.5. The summed E-state index contributed by atoms with van der Waals surface area (Å²) in [6.45, 7) is 0. The molecule has 1 rings (SSSR count). The summed E-state index contributed by atoms with van der Waals surface area (Å²) in [6.07, 6.45) is 0.446. The Morgan fingerprint density at radius 3 is 2.35 bits per heavy atom. The summed E-state index contributed by atoms with van der Waals surface area (Å²) < 4.78 is 0. The van der Waals surface area contributed by atoms with Gasteiger partial charge in [-0.2, -0.15) is 0 Å². The molecule has 0 amide bonds. The van der Waals surface area contributed by atoms with E-state index in [0.29, 0.717) is 0 Å². The number of nitro groups is 1. The van der Waals surface area contributed by atoms with Gasteiger partial charge in [-0.3, -0.25) is 10.1 Å². The zero-order valence-corrected chi connectivity index (χ0v) is 8.40. The molecule has 0 spiro atoms. The lowest BCUT2D eigenvalue weighted by molar-refractivity contribution is -0.385. The molecule has 7 nitrogen and oxygen atoms in total. The first-order valence-corrected chi connectivity index (χ1v) is 4.44. The summed E-state index contributed by atoms with van der Waals surface area (Å²) in [7, 11) is 0. The number of benzene rings is 1. The molecule has 0 saturated carbocycles. The van der Waals surface area contributed by atoms with Crippen LogP contribution in [0.15, 0.2) is 18.2 Å². The fourth-order valence-electron chi connectivity index (χ4n) is 1.39. The third kappa shape index (κ3) is 2.33. The number of hydrogen-bond acceptors (Lipinski definition) is 5. The Morgan fingerprint density at radius 1 is 1.35 bits per heavy atom. The highest BCUT2D eigenvalue weighted by Gasteiger charge is 2.28. The monoisotopic (exact) mass is 237 g/mol. The van der Waals surface area contributed by atoms with E-state index in [1.807, 2.05) is 0 Å². The van der Waals surface area contributed by atoms with E-state index in [1.165, 1.54) is 12.1 Å². The van der Waals surface area contributed by atoms with Gasteiger partial charge in [-0.15, -0.1) is 0 Å². The molecular formula is C10H7NO6. The molecule has 1 aromatic carbocycles. The molecule has 0 fully saturated rings. The second-order valence-corrected chi connectivity index (χ2v) is 3.10. The Bertz CT molecular complexity index is 488. The molecule has 88 valence electrons. The predicted octanol–water partition coefficient (Wildman–Crippen LogP) is 0.774. The first-order chi connectivity index (χ1) is 8.02. The molecule has 0 bridgehead atoms. The van der Waals surface area contributed by atoms with Gasteiger partial charge in [-0.05, 0) is 6.07 Å². The van der Waals surface area contributed by atoms with Gasteiger partial charge in [0.05, 0.1) is 4.92 Å². The van der Waals surface area contributed by atoms with Crippen molar-refractivity contribution in [2.75, 3.05) is 0 Å². The number of aldehydes is 2. The number of carbonyl (C=O) groups is 3. The van der Waals surface area contributed by atoms with Crippen molar-refractivity contribution < 1.29 is 24.4 Å². The summed E-state index contributed by atoms with van der Waals surface area (Å²) in [5.74, 6) is -2.83. The average molecular weight is 237 g/mol. The van der Waals surface area contributed by atoms with E-state index < -0.39 is 28.1 Å². The SMILES string of the molecule is O=CC(C=O)c1cccc(C(=O)O)c1[N+](=O)[O-]. The Kier molecular flexibility index (Phi) is 3.66. The molecule has 7 heteroatoms. The van der Waals surface area contributed by atoms with Gasteiger partial charge in [-0.1, -0.05) is 12.1 Å². The van der Waals surface area contributed by atoms with Crippen LogP contribution in [0.4, 0.5) is 5.69 Å². The second kappa shape index (κ2) is 4.97. The van der Waals surface area contributed by atoms with Gasteiger partial charge in [0.1, 0.15) is 24.1 Å². The van der Waals surface area contributed by atoms with Crippen LogP contribution in [0.25, 0.3) is 0 Å². The number of rotatable bonds is 5. The number of para-hydroxylation sites is 1. The van der Waals surface area contributed by atoms with Crippen LogP contribution in [0.5, 0.6) is 0 Å². The van der Waals surface area contributed by atoms with Gasteiger partial charge >= 0.3 is 5.97 Å². The van der Waals surface area contributed by atoms with Crippen molar-refractivity contribution in [3.05, 3.63) is 39.4 Å². The summed E-state index contributed by atoms with van der Waals surface area (Å²) in [5.41, 5.74) is -1.51. The molecule has 0 aromatic heterocycles. The zero-order valence-electron chi connectivity index (χ0n) is 8.40. The molecule has 0 radical (unpaired) electrons. The maximum absolute atomic E-state index is 10.8. The van der Waals surface area contributed by atoms with Crippen LogP contribution in [0.1, 0.15) is 21.8 Å². The number of nitrogens with zero attached hydrogens (tertiary/aromatic N) is 1. The van der Waals surface area contributed by atoms with E-state index in [4.69, 9.17) is 5.11 Å². The highest BCUT2D eigenvalue weighted by Crippen LogP contribution is 2.28. The Labute approximate surface area is 94.8 Å². The van der Waals surface area contributed by atoms with Gasteiger partial charge < -0.3 is 14.7 Å². The van der Waals surface area contributed by atoms with E-state index in [2.05, 4.69) is 0 Å². The molecule has 0 aliphatic heterocycles. The highest BCUT2D eigenvalue weighted by molar-refractivity contribution is 5.95. The van der Waals surface area contributed by atoms with Gasteiger partial charge in [0.2, 0.25) is 0 Å². The Hall–Kier alpha value is -2.57. The van der Waals surface area contributed by atoms with Crippen LogP contribution in [0.2, 0.25) is 0 Å². The van der Waals surface area contributed by atoms with Crippen LogP contribution >= 0.6 is 0 Å². The van der Waals surface area contributed by atoms with Crippen molar-refractivity contribution in [2.45, 2.75) is 5.92 Å². The number of hydrogen-bond donors (Lipinski definition) is 1. The third-order valence-electron chi connectivity index (χ3n) is 2.13. The maximum Gasteiger partial charge on any atom is 0.342 e. The van der Waals surface area contributed by atoms with Gasteiger partial charge in [0.25, 0.3) is 5.69 Å². The highest BCUT2D eigenvalue weighted by atomic mass is 16.6. The molecule has 1 N–H and O–H groups in total. The molecule has 0 aliphatic carbocycles. The van der Waals surface area contributed by atoms with Crippen molar-refractivity contribution >= 4 is 24.2 Å². The van der Waals surface area contributed by atoms with Gasteiger partial charge in [0.15, 0.2) is 0 Å². The van der Waals surface area contributed by atoms with Crippen molar-refractivity contribution in [3.63, 3.8) is 0 Å². The molecule has 17 heavy (non-hydrogen) atoms. The lowest BCUT2D eigenvalue weighted by Crippen LogP contribution is -2.10. The Balaban J connectivity index is 3.55. The molecule has 0 unspecified atom stereocenters. The van der Waals surface area contributed by atoms with Crippen molar-refractivity contribution in [2.24, 2.45) is 0 Å². The van der Waals surface area contributed by atoms with Crippen molar-refractivity contribution in [1.29, 1.82) is 0 Å². The van der Waals surface area contributed by atoms with Crippen LogP contribution in [-0.2, 0) is 9.59 Å². The minimum atomic E-state index is -1.49. The molecule has 0 saturated heterocycles. The predicted molar refractivity (Wildman–Crippen MR) is 54.9 cm³/mol. The number of carbonyl (C=O) groups excluding carboxylic acids is 2. The lowest BCUT2D eigenvalue weighted by Gasteiger charge is -2.06. The van der Waals surface area contributed by atoms with Crippen molar-refractivity contribution in [3.8, 4) is 0 Å². The van der Waals surface area contributed by atoms with Crippen LogP contribution in [0, 0.1) is 10.1 Å². The van der Waals surface area contributed by atoms with Crippen LogP contribution in [-0.4, -0.2) is 28.6 Å². The second-order valence-electron chi connectivity index (χ2n) is 3.10. The normalized spacial score (nSPS) is 9.94. The molecule has 1 aromatic rings.